The third-order valence-corrected chi connectivity index (χ3v) is 14.9. The molecular weight excluding hydrogens is 1120 g/mol. The Morgan fingerprint density at radius 2 is 1.31 bits per heavy atom. The first-order chi connectivity index (χ1) is 41.5. The molecule has 0 aliphatic carbocycles. The normalized spacial score (nSPS) is 17.4. The Balaban J connectivity index is 1.22. The second-order valence-corrected chi connectivity index (χ2v) is 22.8. The Morgan fingerprint density at radius 1 is 0.713 bits per heavy atom. The number of rotatable bonds is 34. The van der Waals surface area contributed by atoms with E-state index < -0.39 is 108 Å². The van der Waals surface area contributed by atoms with Gasteiger partial charge in [-0.15, -0.1) is 0 Å². The first kappa shape index (κ1) is 67.4. The Labute approximate surface area is 504 Å². The second kappa shape index (κ2) is 32.7. The van der Waals surface area contributed by atoms with Gasteiger partial charge in [-0.3, -0.25) is 53.4 Å². The number of aliphatic hydroxyl groups is 1. The molecule has 0 spiro atoms. The number of likely N-dealkylation sites (N-methyl/N-ethyl adjacent to an activating group) is 1. The summed E-state index contributed by atoms with van der Waals surface area (Å²) in [5, 5.41) is 54.9. The van der Waals surface area contributed by atoms with E-state index in [0.29, 0.717) is 60.1 Å². The molecule has 0 saturated carbocycles. The molecule has 28 heteroatoms. The number of hydrogen-bond acceptors (Lipinski definition) is 16. The number of fused-ring (bicyclic) bond motifs is 1. The van der Waals surface area contributed by atoms with Crippen LogP contribution in [0.15, 0.2) is 67.3 Å². The number of imidazole rings is 1. The molecule has 2 aliphatic heterocycles. The number of amides is 8. The average Bonchev–Trinajstić information content (AvgIpc) is 3.11. The summed E-state index contributed by atoms with van der Waals surface area (Å²) in [4.78, 5) is 150. The molecule has 9 atom stereocenters. The minimum Gasteiger partial charge on any atom is -0.508 e. The van der Waals surface area contributed by atoms with Crippen molar-refractivity contribution in [1.82, 2.24) is 73.2 Å². The lowest BCUT2D eigenvalue weighted by molar-refractivity contribution is -0.141. The number of nitrogens with one attached hydrogen (secondary N) is 13. The number of benzene rings is 2. The summed E-state index contributed by atoms with van der Waals surface area (Å²) in [6.45, 7) is 9.24. The Hall–Kier alpha value is -8.76. The predicted octanol–water partition coefficient (Wildman–Crippen LogP) is -1.23. The number of para-hydroxylation sites is 1. The van der Waals surface area contributed by atoms with Crippen LogP contribution < -0.4 is 59.0 Å². The minimum absolute atomic E-state index is 0.0484. The number of carbonyl (C=O) groups is 10. The molecule has 2 saturated heterocycles. The number of aliphatic hydroxyl groups excluding tert-OH is 1. The first-order valence-corrected chi connectivity index (χ1v) is 29.5. The fourth-order valence-electron chi connectivity index (χ4n) is 10.5. The SMILES string of the molecule is CCNC(=O)C1CCCN1N[C@@H](CCCNC(=N)N)C(=O)N[C@@H](CC(C)C)C(=O)N[C@@H](CC(C)C)C(=O)N[C@H](Cc1ccc(O)cc1)C(=O)N[C@@H](CO)C(=O)N[C@H](Cc1c[nH]c2ccccc12)C(=O)C(=O)[C@H](Cc1cnc[nH]1)NC(=O)C1CCC(=O)N1. The number of nitrogens with two attached hydrogens (primary N) is 1. The molecule has 4 aromatic rings. The molecule has 2 aromatic carbocycles. The number of aromatic amines is 2. The van der Waals surface area contributed by atoms with Crippen LogP contribution in [0.5, 0.6) is 5.75 Å². The van der Waals surface area contributed by atoms with E-state index in [2.05, 4.69) is 68.2 Å². The number of ketones is 2. The molecule has 2 aliphatic rings. The smallest absolute Gasteiger partial charge is 0.245 e. The van der Waals surface area contributed by atoms with Gasteiger partial charge in [0.25, 0.3) is 0 Å². The number of guanidine groups is 1. The Kier molecular flexibility index (Phi) is 25.3. The van der Waals surface area contributed by atoms with E-state index in [-0.39, 0.29) is 93.3 Å². The zero-order valence-electron chi connectivity index (χ0n) is 49.8. The Bertz CT molecular complexity index is 3040. The Morgan fingerprint density at radius 3 is 1.91 bits per heavy atom. The summed E-state index contributed by atoms with van der Waals surface area (Å²) >= 11 is 0. The van der Waals surface area contributed by atoms with Crippen LogP contribution in [0.25, 0.3) is 10.9 Å². The van der Waals surface area contributed by atoms with Gasteiger partial charge in [0.2, 0.25) is 58.8 Å². The number of hydrogen-bond donors (Lipinski definition) is 16. The number of aromatic nitrogens is 3. The van der Waals surface area contributed by atoms with Gasteiger partial charge in [-0.1, -0.05) is 58.0 Å². The number of nitrogens with zero attached hydrogens (tertiary/aromatic N) is 2. The maximum atomic E-state index is 14.6. The van der Waals surface area contributed by atoms with Crippen LogP contribution in [0, 0.1) is 17.2 Å². The fraction of sp³-hybridized carbons (Fsp3) is 0.525. The first-order valence-electron chi connectivity index (χ1n) is 29.5. The zero-order chi connectivity index (χ0) is 63.3. The van der Waals surface area contributed by atoms with Crippen molar-refractivity contribution in [3.8, 4) is 5.75 Å². The van der Waals surface area contributed by atoms with Crippen LogP contribution in [0.4, 0.5) is 0 Å². The zero-order valence-corrected chi connectivity index (χ0v) is 49.8. The number of aromatic hydroxyl groups is 1. The molecular formula is C59H84N16O12. The number of hydrazine groups is 1. The second-order valence-electron chi connectivity index (χ2n) is 22.8. The number of phenolic OH excluding ortho intramolecular Hbond substituents is 1. The molecule has 2 fully saturated rings. The van der Waals surface area contributed by atoms with Gasteiger partial charge >= 0.3 is 0 Å². The molecule has 17 N–H and O–H groups in total. The van der Waals surface area contributed by atoms with Crippen LogP contribution in [-0.4, -0.2) is 176 Å². The topological polar surface area (TPSA) is 429 Å². The van der Waals surface area contributed by atoms with Gasteiger partial charge in [0.1, 0.15) is 54.1 Å². The number of phenols is 1. The van der Waals surface area contributed by atoms with Gasteiger partial charge in [-0.05, 0) is 93.0 Å². The van der Waals surface area contributed by atoms with Gasteiger partial charge in [-0.25, -0.2) is 15.4 Å². The molecule has 2 aromatic heterocycles. The van der Waals surface area contributed by atoms with E-state index in [0.717, 1.165) is 0 Å². The van der Waals surface area contributed by atoms with E-state index in [4.69, 9.17) is 11.1 Å². The maximum Gasteiger partial charge on any atom is 0.245 e. The van der Waals surface area contributed by atoms with Gasteiger partial charge in [0, 0.05) is 74.3 Å². The standard InChI is InChI=1S/C59H84N16O12/c1-6-63-58(87)48-14-10-22-75(48)74-41(13-9-21-64-59(60)61)53(82)70-44(23-32(2)3)54(83)71-45(24-33(4)5)55(84)72-46(25-34-15-17-37(77)18-16-34)56(85)73-47(30-76)57(86)68-42(26-35-28-65-39-12-8-7-11-38(35)39)50(79)51(80)43(27-36-29-62-31-66-36)69-52(81)40-19-20-49(78)67-40/h7-8,11-12,15-18,28-29,31-33,40-48,65,74,76-77H,6,9-10,13-14,19-27,30H2,1-5H3,(H,62,66)(H,63,87)(H,67,78)(H,68,86)(H,69,81)(H,70,82)(H,71,83)(H,72,84)(H,73,85)(H4,60,61,64)/t40?,41-,42+,43-,44-,45-,46+,47-,48?/m0/s1. The number of carbonyl (C=O) groups excluding carboxylic acids is 10. The highest BCUT2D eigenvalue weighted by molar-refractivity contribution is 6.41. The van der Waals surface area contributed by atoms with Crippen molar-refractivity contribution >= 4 is 75.7 Å². The molecule has 8 amide bonds. The van der Waals surface area contributed by atoms with Crippen molar-refractivity contribution in [2.24, 2.45) is 17.6 Å². The molecule has 2 unspecified atom stereocenters. The lowest BCUT2D eigenvalue weighted by Crippen LogP contribution is -2.61. The molecule has 6 rings (SSSR count). The van der Waals surface area contributed by atoms with E-state index in [1.165, 1.54) is 36.8 Å². The van der Waals surface area contributed by atoms with E-state index in [1.54, 1.807) is 35.5 Å². The summed E-state index contributed by atoms with van der Waals surface area (Å²) in [7, 11) is 0. The van der Waals surface area contributed by atoms with Crippen LogP contribution >= 0.6 is 0 Å². The summed E-state index contributed by atoms with van der Waals surface area (Å²) in [6.07, 6.45) is 5.83. The molecule has 0 bridgehead atoms. The fourth-order valence-corrected chi connectivity index (χ4v) is 10.5. The van der Waals surface area contributed by atoms with Gasteiger partial charge in [0.05, 0.1) is 19.0 Å². The van der Waals surface area contributed by atoms with Crippen molar-refractivity contribution in [3.05, 3.63) is 84.1 Å². The highest BCUT2D eigenvalue weighted by Crippen LogP contribution is 2.22. The van der Waals surface area contributed by atoms with E-state index in [9.17, 15) is 58.2 Å². The summed E-state index contributed by atoms with van der Waals surface area (Å²) in [5.74, 6) is -8.44. The average molecular weight is 1210 g/mol. The van der Waals surface area contributed by atoms with Crippen molar-refractivity contribution in [2.75, 3.05) is 26.2 Å². The largest absolute Gasteiger partial charge is 0.508 e. The highest BCUT2D eigenvalue weighted by Gasteiger charge is 2.40. The monoisotopic (exact) mass is 1210 g/mol. The third-order valence-electron chi connectivity index (χ3n) is 14.9. The lowest BCUT2D eigenvalue weighted by atomic mass is 9.94. The van der Waals surface area contributed by atoms with Crippen LogP contribution in [0.1, 0.15) is 103 Å². The van der Waals surface area contributed by atoms with Gasteiger partial charge in [0.15, 0.2) is 5.96 Å². The number of H-pyrrole nitrogens is 2. The number of Topliss-reactive ketones (excluding diaryl/α,β-unsaturated/α-hetero) is 2. The van der Waals surface area contributed by atoms with E-state index >= 15 is 0 Å². The predicted molar refractivity (Wildman–Crippen MR) is 319 cm³/mol. The van der Waals surface area contributed by atoms with Gasteiger partial charge < -0.3 is 73.8 Å². The highest BCUT2D eigenvalue weighted by atomic mass is 16.3. The van der Waals surface area contributed by atoms with Crippen LogP contribution in [-0.2, 0) is 67.2 Å². The van der Waals surface area contributed by atoms with Crippen molar-refractivity contribution in [3.63, 3.8) is 0 Å². The van der Waals surface area contributed by atoms with E-state index in [1.807, 2.05) is 34.6 Å². The quantitative estimate of drug-likeness (QED) is 0.0113. The van der Waals surface area contributed by atoms with Crippen LogP contribution in [0.3, 0.4) is 0 Å². The van der Waals surface area contributed by atoms with Crippen molar-refractivity contribution < 1.29 is 58.2 Å². The molecule has 87 heavy (non-hydrogen) atoms. The molecule has 0 radical (unpaired) electrons. The summed E-state index contributed by atoms with van der Waals surface area (Å²) < 4.78 is 0. The molecule has 4 heterocycles. The maximum absolute atomic E-state index is 14.6. The molecule has 472 valence electrons. The van der Waals surface area contributed by atoms with Gasteiger partial charge in [-0.2, -0.15) is 0 Å². The van der Waals surface area contributed by atoms with Crippen molar-refractivity contribution in [2.45, 2.75) is 160 Å². The minimum atomic E-state index is -1.81. The lowest BCUT2D eigenvalue weighted by Gasteiger charge is -2.31. The summed E-state index contributed by atoms with van der Waals surface area (Å²) in [6, 6.07) is 1.35. The van der Waals surface area contributed by atoms with Crippen LogP contribution in [0.2, 0.25) is 0 Å². The third kappa shape index (κ3) is 20.2. The van der Waals surface area contributed by atoms with Crippen molar-refractivity contribution in [1.29, 1.82) is 5.41 Å². The summed E-state index contributed by atoms with van der Waals surface area (Å²) in [5.41, 5.74) is 10.7. The molecule has 28 nitrogen and oxygen atoms in total.